The first-order valence-corrected chi connectivity index (χ1v) is 9.47. The van der Waals surface area contributed by atoms with Gasteiger partial charge in [-0.2, -0.15) is 0 Å². The van der Waals surface area contributed by atoms with Gasteiger partial charge < -0.3 is 19.5 Å². The van der Waals surface area contributed by atoms with Gasteiger partial charge in [-0.15, -0.1) is 0 Å². The van der Waals surface area contributed by atoms with Gasteiger partial charge in [0, 0.05) is 18.5 Å². The summed E-state index contributed by atoms with van der Waals surface area (Å²) < 4.78 is 16.9. The molecule has 1 N–H and O–H groups in total. The zero-order chi connectivity index (χ0) is 19.2. The minimum atomic E-state index is -0.144. The molecule has 144 valence electrons. The molecule has 0 aliphatic carbocycles. The number of amides is 1. The number of carbonyl (C=O) groups excluding carboxylic acids is 1. The Bertz CT molecular complexity index is 790. The molecule has 0 atom stereocenters. The van der Waals surface area contributed by atoms with Crippen molar-refractivity contribution in [2.24, 2.45) is 0 Å². The number of halogens is 1. The van der Waals surface area contributed by atoms with Crippen LogP contribution in [0.15, 0.2) is 36.4 Å². The van der Waals surface area contributed by atoms with Crippen molar-refractivity contribution in [3.8, 4) is 11.5 Å². The van der Waals surface area contributed by atoms with Crippen LogP contribution in [0.5, 0.6) is 11.5 Å². The van der Waals surface area contributed by atoms with Gasteiger partial charge in [0.25, 0.3) is 5.91 Å². The molecular weight excluding hydrogens is 366 g/mol. The highest BCUT2D eigenvalue weighted by Gasteiger charge is 2.16. The molecule has 0 saturated heterocycles. The van der Waals surface area contributed by atoms with Crippen LogP contribution >= 0.6 is 11.6 Å². The molecule has 2 aromatic rings. The second kappa shape index (κ2) is 9.11. The van der Waals surface area contributed by atoms with Gasteiger partial charge in [0.05, 0.1) is 30.9 Å². The lowest BCUT2D eigenvalue weighted by molar-refractivity contribution is 0.0657. The molecule has 0 unspecified atom stereocenters. The summed E-state index contributed by atoms with van der Waals surface area (Å²) in [5.41, 5.74) is 2.50. The fourth-order valence-electron chi connectivity index (χ4n) is 2.69. The average Bonchev–Trinajstić information content (AvgIpc) is 2.91. The number of ether oxygens (including phenoxy) is 3. The van der Waals surface area contributed by atoms with Crippen LogP contribution in [0.3, 0.4) is 0 Å². The van der Waals surface area contributed by atoms with Crippen molar-refractivity contribution in [3.05, 3.63) is 58.1 Å². The molecule has 6 heteroatoms. The zero-order valence-corrected chi connectivity index (χ0v) is 16.3. The summed E-state index contributed by atoms with van der Waals surface area (Å²) in [6, 6.07) is 11.1. The average molecular weight is 390 g/mol. The lowest BCUT2D eigenvalue weighted by Gasteiger charge is -2.12. The van der Waals surface area contributed by atoms with E-state index in [0.29, 0.717) is 48.5 Å². The number of hydrogen-bond donors (Lipinski definition) is 1. The van der Waals surface area contributed by atoms with E-state index >= 15 is 0 Å². The van der Waals surface area contributed by atoms with Crippen LogP contribution in [0.25, 0.3) is 0 Å². The highest BCUT2D eigenvalue weighted by atomic mass is 35.5. The number of benzene rings is 2. The van der Waals surface area contributed by atoms with Gasteiger partial charge in [0.1, 0.15) is 0 Å². The number of hydrogen-bond acceptors (Lipinski definition) is 4. The Kier molecular flexibility index (Phi) is 6.58. The maximum atomic E-state index is 12.4. The fraction of sp³-hybridized carbons (Fsp3) is 0.381. The van der Waals surface area contributed by atoms with Gasteiger partial charge in [-0.1, -0.05) is 23.7 Å². The Balaban J connectivity index is 1.60. The van der Waals surface area contributed by atoms with Gasteiger partial charge >= 0.3 is 0 Å². The molecule has 1 amide bonds. The summed E-state index contributed by atoms with van der Waals surface area (Å²) >= 11 is 6.29. The number of nitrogens with one attached hydrogen (secondary N) is 1. The van der Waals surface area contributed by atoms with E-state index in [1.54, 1.807) is 18.2 Å². The third-order valence-corrected chi connectivity index (χ3v) is 4.40. The minimum Gasteiger partial charge on any atom is -0.489 e. The number of fused-ring (bicyclic) bond motifs is 1. The summed E-state index contributed by atoms with van der Waals surface area (Å²) in [6.45, 7) is 6.05. The zero-order valence-electron chi connectivity index (χ0n) is 15.6. The first-order chi connectivity index (χ1) is 13.0. The molecule has 27 heavy (non-hydrogen) atoms. The molecule has 0 aromatic heterocycles. The molecule has 0 radical (unpaired) electrons. The lowest BCUT2D eigenvalue weighted by atomic mass is 10.1. The second-order valence-electron chi connectivity index (χ2n) is 6.69. The van der Waals surface area contributed by atoms with Gasteiger partial charge in [-0.05, 0) is 49.2 Å². The minimum absolute atomic E-state index is 0.144. The van der Waals surface area contributed by atoms with Crippen molar-refractivity contribution in [1.82, 2.24) is 5.32 Å². The van der Waals surface area contributed by atoms with Gasteiger partial charge in [0.2, 0.25) is 0 Å². The van der Waals surface area contributed by atoms with Crippen LogP contribution in [-0.2, 0) is 17.9 Å². The first-order valence-electron chi connectivity index (χ1n) is 9.09. The van der Waals surface area contributed by atoms with E-state index in [2.05, 4.69) is 5.32 Å². The first kappa shape index (κ1) is 19.5. The summed E-state index contributed by atoms with van der Waals surface area (Å²) in [5, 5.41) is 3.40. The highest BCUT2D eigenvalue weighted by Crippen LogP contribution is 2.37. The fourth-order valence-corrected chi connectivity index (χ4v) is 2.97. The van der Waals surface area contributed by atoms with Crippen molar-refractivity contribution >= 4 is 17.5 Å². The third kappa shape index (κ3) is 5.37. The topological polar surface area (TPSA) is 56.8 Å². The van der Waals surface area contributed by atoms with Crippen LogP contribution < -0.4 is 14.8 Å². The van der Waals surface area contributed by atoms with Crippen molar-refractivity contribution < 1.29 is 19.0 Å². The molecule has 0 bridgehead atoms. The van der Waals surface area contributed by atoms with Crippen molar-refractivity contribution in [3.63, 3.8) is 0 Å². The molecular formula is C21H24ClNO4. The molecule has 2 aromatic carbocycles. The van der Waals surface area contributed by atoms with E-state index in [0.717, 1.165) is 17.5 Å². The Morgan fingerprint density at radius 2 is 1.89 bits per heavy atom. The molecule has 0 saturated carbocycles. The monoisotopic (exact) mass is 389 g/mol. The summed E-state index contributed by atoms with van der Waals surface area (Å²) in [4.78, 5) is 12.4. The smallest absolute Gasteiger partial charge is 0.251 e. The second-order valence-corrected chi connectivity index (χ2v) is 7.10. The lowest BCUT2D eigenvalue weighted by Crippen LogP contribution is -2.22. The van der Waals surface area contributed by atoms with Crippen LogP contribution in [0.1, 0.15) is 41.8 Å². The van der Waals surface area contributed by atoms with E-state index in [9.17, 15) is 4.79 Å². The summed E-state index contributed by atoms with van der Waals surface area (Å²) in [7, 11) is 0. The van der Waals surface area contributed by atoms with Crippen LogP contribution in [0.2, 0.25) is 5.02 Å². The van der Waals surface area contributed by atoms with Crippen molar-refractivity contribution in [1.29, 1.82) is 0 Å². The predicted octanol–water partition coefficient (Wildman–Crippen LogP) is 4.36. The van der Waals surface area contributed by atoms with Gasteiger partial charge in [0.15, 0.2) is 11.5 Å². The molecule has 1 heterocycles. The van der Waals surface area contributed by atoms with E-state index < -0.39 is 0 Å². The van der Waals surface area contributed by atoms with Gasteiger partial charge in [-0.3, -0.25) is 4.79 Å². The third-order valence-electron chi connectivity index (χ3n) is 4.11. The summed E-state index contributed by atoms with van der Waals surface area (Å²) in [6.07, 6.45) is 0.991. The molecule has 1 aliphatic heterocycles. The molecule has 5 nitrogen and oxygen atoms in total. The molecule has 1 aliphatic rings. The van der Waals surface area contributed by atoms with Crippen molar-refractivity contribution in [2.75, 3.05) is 13.2 Å². The molecule has 0 fully saturated rings. The largest absolute Gasteiger partial charge is 0.489 e. The van der Waals surface area contributed by atoms with E-state index in [4.69, 9.17) is 25.8 Å². The SMILES string of the molecule is CC(C)OCc1ccc(C(=O)NCc2cc(Cl)c3c(c2)OCCCO3)cc1. The molecule has 0 spiro atoms. The highest BCUT2D eigenvalue weighted by molar-refractivity contribution is 6.32. The quantitative estimate of drug-likeness (QED) is 0.797. The number of carbonyl (C=O) groups is 1. The predicted molar refractivity (Wildman–Crippen MR) is 105 cm³/mol. The van der Waals surface area contributed by atoms with E-state index in [1.165, 1.54) is 0 Å². The van der Waals surface area contributed by atoms with E-state index in [1.807, 2.05) is 32.0 Å². The van der Waals surface area contributed by atoms with Crippen LogP contribution in [0.4, 0.5) is 0 Å². The van der Waals surface area contributed by atoms with Crippen LogP contribution in [-0.4, -0.2) is 25.2 Å². The number of rotatable bonds is 6. The summed E-state index contributed by atoms with van der Waals surface area (Å²) in [5.74, 6) is 1.05. The normalized spacial score (nSPS) is 13.3. The van der Waals surface area contributed by atoms with Crippen molar-refractivity contribution in [2.45, 2.75) is 39.5 Å². The Hall–Kier alpha value is -2.24. The maximum Gasteiger partial charge on any atom is 0.251 e. The van der Waals surface area contributed by atoms with Gasteiger partial charge in [-0.25, -0.2) is 0 Å². The Labute approximate surface area is 164 Å². The standard InChI is InChI=1S/C21H24ClNO4/c1-14(2)27-13-15-4-6-17(7-5-15)21(24)23-12-16-10-18(22)20-19(11-16)25-8-3-9-26-20/h4-7,10-11,14H,3,8-9,12-13H2,1-2H3,(H,23,24). The Morgan fingerprint density at radius 3 is 2.63 bits per heavy atom. The molecule has 3 rings (SSSR count). The maximum absolute atomic E-state index is 12.4. The Morgan fingerprint density at radius 1 is 1.15 bits per heavy atom. The van der Waals surface area contributed by atoms with Crippen LogP contribution in [0, 0.1) is 0 Å². The van der Waals surface area contributed by atoms with E-state index in [-0.39, 0.29) is 12.0 Å².